The smallest absolute Gasteiger partial charge is 0.428 e. The van der Waals surface area contributed by atoms with E-state index in [4.69, 9.17) is 0 Å². The van der Waals surface area contributed by atoms with Gasteiger partial charge in [-0.25, -0.2) is 22.6 Å². The van der Waals surface area contributed by atoms with Crippen LogP contribution in [0.1, 0.15) is 12.5 Å². The standard InChI is InChI=1S/C22H15F7N4O4S/c1-2-38(35,36)16-9-13(12-3-5-15(6-4-12)37-22(28,29)19(23)24)11-30-18(16)33-20(34)32-8-7-14(21(25,26)27)10-17(32)31-33/h3-11,19H,2H2,1H3. The summed E-state index contributed by atoms with van der Waals surface area (Å²) in [5.74, 6) is -1.50. The topological polar surface area (TPSA) is 95.6 Å². The van der Waals surface area contributed by atoms with Crippen molar-refractivity contribution in [3.63, 3.8) is 0 Å². The highest BCUT2D eigenvalue weighted by atomic mass is 32.2. The van der Waals surface area contributed by atoms with Gasteiger partial charge in [0.05, 0.1) is 11.3 Å². The van der Waals surface area contributed by atoms with Crippen molar-refractivity contribution >= 4 is 15.5 Å². The normalized spacial score (nSPS) is 12.9. The maximum Gasteiger partial charge on any atom is 0.461 e. The Morgan fingerprint density at radius 3 is 2.24 bits per heavy atom. The predicted molar refractivity (Wildman–Crippen MR) is 118 cm³/mol. The average molecular weight is 564 g/mol. The number of fused-ring (bicyclic) bond motifs is 1. The molecule has 0 aliphatic heterocycles. The summed E-state index contributed by atoms with van der Waals surface area (Å²) in [5.41, 5.74) is -2.12. The first-order valence-corrected chi connectivity index (χ1v) is 12.2. The number of hydrogen-bond acceptors (Lipinski definition) is 6. The maximum absolute atomic E-state index is 13.1. The molecule has 4 aromatic rings. The molecule has 3 heterocycles. The van der Waals surface area contributed by atoms with Crippen LogP contribution >= 0.6 is 0 Å². The molecule has 0 bridgehead atoms. The highest BCUT2D eigenvalue weighted by Crippen LogP contribution is 2.32. The lowest BCUT2D eigenvalue weighted by molar-refractivity contribution is -0.253. The Balaban J connectivity index is 1.80. The molecule has 0 amide bonds. The number of rotatable bonds is 7. The van der Waals surface area contributed by atoms with E-state index in [1.807, 2.05) is 0 Å². The molecule has 8 nitrogen and oxygen atoms in total. The Morgan fingerprint density at radius 2 is 1.66 bits per heavy atom. The van der Waals surface area contributed by atoms with Gasteiger partial charge in [-0.05, 0) is 35.9 Å². The Kier molecular flexibility index (Phi) is 6.71. The average Bonchev–Trinajstić information content (AvgIpc) is 3.19. The van der Waals surface area contributed by atoms with Crippen LogP contribution in [0.25, 0.3) is 22.6 Å². The molecule has 202 valence electrons. The van der Waals surface area contributed by atoms with E-state index in [1.165, 1.54) is 19.1 Å². The zero-order valence-electron chi connectivity index (χ0n) is 19.0. The number of sulfone groups is 1. The van der Waals surface area contributed by atoms with Crippen LogP contribution in [0.2, 0.25) is 0 Å². The Labute approximate surface area is 208 Å². The molecule has 0 aliphatic carbocycles. The van der Waals surface area contributed by atoms with Gasteiger partial charge in [-0.15, -0.1) is 5.10 Å². The van der Waals surface area contributed by atoms with E-state index in [1.54, 1.807) is 0 Å². The molecule has 1 aromatic carbocycles. The molecule has 3 aromatic heterocycles. The number of ether oxygens (including phenoxy) is 1. The first kappa shape index (κ1) is 27.1. The lowest BCUT2D eigenvalue weighted by atomic mass is 10.1. The van der Waals surface area contributed by atoms with Crippen molar-refractivity contribution in [1.29, 1.82) is 0 Å². The number of nitrogens with zero attached hydrogens (tertiary/aromatic N) is 4. The highest BCUT2D eigenvalue weighted by molar-refractivity contribution is 7.91. The summed E-state index contributed by atoms with van der Waals surface area (Å²) in [7, 11) is -4.09. The molecule has 0 spiro atoms. The zero-order chi connectivity index (χ0) is 28.0. The van der Waals surface area contributed by atoms with Crippen LogP contribution in [0.3, 0.4) is 0 Å². The van der Waals surface area contributed by atoms with E-state index < -0.39 is 67.7 Å². The number of alkyl halides is 7. The predicted octanol–water partition coefficient (Wildman–Crippen LogP) is 4.60. The fraction of sp³-hybridized carbons (Fsp3) is 0.227. The van der Waals surface area contributed by atoms with Crippen molar-refractivity contribution < 1.29 is 43.9 Å². The van der Waals surface area contributed by atoms with Gasteiger partial charge in [-0.1, -0.05) is 19.1 Å². The monoisotopic (exact) mass is 564 g/mol. The SMILES string of the molecule is CCS(=O)(=O)c1cc(-c2ccc(OC(F)(F)C(F)F)cc2)cnc1-n1nc2cc(C(F)(F)F)ccn2c1=O. The largest absolute Gasteiger partial charge is 0.461 e. The summed E-state index contributed by atoms with van der Waals surface area (Å²) in [4.78, 5) is 16.4. The summed E-state index contributed by atoms with van der Waals surface area (Å²) < 4.78 is 121. The van der Waals surface area contributed by atoms with Crippen molar-refractivity contribution in [2.75, 3.05) is 5.75 Å². The Bertz CT molecular complexity index is 1660. The number of pyridine rings is 2. The van der Waals surface area contributed by atoms with Gasteiger partial charge in [0.15, 0.2) is 21.3 Å². The summed E-state index contributed by atoms with van der Waals surface area (Å²) in [6, 6.07) is 6.67. The van der Waals surface area contributed by atoms with Crippen LogP contribution in [0.5, 0.6) is 5.75 Å². The molecule has 0 aliphatic rings. The van der Waals surface area contributed by atoms with E-state index >= 15 is 0 Å². The summed E-state index contributed by atoms with van der Waals surface area (Å²) in [5, 5.41) is 3.82. The van der Waals surface area contributed by atoms with Gasteiger partial charge in [0.25, 0.3) is 0 Å². The van der Waals surface area contributed by atoms with Crippen molar-refractivity contribution in [3.8, 4) is 22.7 Å². The van der Waals surface area contributed by atoms with Crippen molar-refractivity contribution in [2.24, 2.45) is 0 Å². The Hall–Kier alpha value is -3.95. The van der Waals surface area contributed by atoms with Gasteiger partial charge in [0, 0.05) is 18.0 Å². The Morgan fingerprint density at radius 1 is 1.00 bits per heavy atom. The molecule has 38 heavy (non-hydrogen) atoms. The lowest BCUT2D eigenvalue weighted by Gasteiger charge is -2.17. The van der Waals surface area contributed by atoms with E-state index in [0.29, 0.717) is 16.8 Å². The van der Waals surface area contributed by atoms with Gasteiger partial charge >= 0.3 is 24.4 Å². The first-order chi connectivity index (χ1) is 17.6. The minimum atomic E-state index is -4.73. The number of hydrogen-bond donors (Lipinski definition) is 0. The highest BCUT2D eigenvalue weighted by Gasteiger charge is 2.44. The molecule has 0 saturated heterocycles. The van der Waals surface area contributed by atoms with E-state index in [2.05, 4.69) is 14.8 Å². The molecular formula is C22H15F7N4O4S. The quantitative estimate of drug-likeness (QED) is 0.305. The second-order valence-electron chi connectivity index (χ2n) is 7.77. The minimum absolute atomic E-state index is 0.129. The summed E-state index contributed by atoms with van der Waals surface area (Å²) in [6.45, 7) is 1.31. The van der Waals surface area contributed by atoms with Crippen LogP contribution < -0.4 is 10.4 Å². The van der Waals surface area contributed by atoms with Gasteiger partial charge in [-0.2, -0.15) is 35.4 Å². The second-order valence-corrected chi connectivity index (χ2v) is 10.0. The van der Waals surface area contributed by atoms with Gasteiger partial charge in [0.2, 0.25) is 0 Å². The molecular weight excluding hydrogens is 549 g/mol. The molecule has 0 atom stereocenters. The van der Waals surface area contributed by atoms with Crippen LogP contribution in [0.4, 0.5) is 30.7 Å². The third-order valence-corrected chi connectivity index (χ3v) is 7.03. The first-order valence-electron chi connectivity index (χ1n) is 10.5. The molecule has 0 unspecified atom stereocenters. The zero-order valence-corrected chi connectivity index (χ0v) is 19.8. The number of benzene rings is 1. The van der Waals surface area contributed by atoms with E-state index in [-0.39, 0.29) is 11.1 Å². The third kappa shape index (κ3) is 5.07. The lowest BCUT2D eigenvalue weighted by Crippen LogP contribution is -2.33. The molecule has 16 heteroatoms. The van der Waals surface area contributed by atoms with Crippen molar-refractivity contribution in [1.82, 2.24) is 19.2 Å². The third-order valence-electron chi connectivity index (χ3n) is 5.30. The fourth-order valence-electron chi connectivity index (χ4n) is 3.34. The van der Waals surface area contributed by atoms with Crippen molar-refractivity contribution in [3.05, 3.63) is 70.9 Å². The minimum Gasteiger partial charge on any atom is -0.428 e. The summed E-state index contributed by atoms with van der Waals surface area (Å²) >= 11 is 0. The van der Waals surface area contributed by atoms with Gasteiger partial charge in [-0.3, -0.25) is 0 Å². The van der Waals surface area contributed by atoms with Gasteiger partial charge < -0.3 is 4.74 Å². The van der Waals surface area contributed by atoms with Crippen LogP contribution in [0, 0.1) is 0 Å². The van der Waals surface area contributed by atoms with E-state index in [9.17, 15) is 43.9 Å². The fourth-order valence-corrected chi connectivity index (χ4v) is 4.38. The van der Waals surface area contributed by atoms with Gasteiger partial charge in [0.1, 0.15) is 10.6 Å². The maximum atomic E-state index is 13.1. The number of aromatic nitrogens is 4. The molecule has 0 N–H and O–H groups in total. The van der Waals surface area contributed by atoms with Crippen LogP contribution in [-0.4, -0.2) is 45.9 Å². The molecule has 0 radical (unpaired) electrons. The van der Waals surface area contributed by atoms with Crippen molar-refractivity contribution in [2.45, 2.75) is 30.5 Å². The molecule has 4 rings (SSSR count). The molecule has 0 saturated carbocycles. The van der Waals surface area contributed by atoms with E-state index in [0.717, 1.165) is 35.0 Å². The number of halogens is 7. The summed E-state index contributed by atoms with van der Waals surface area (Å²) in [6.07, 6.45) is -11.5. The van der Waals surface area contributed by atoms with Crippen LogP contribution in [0.15, 0.2) is 64.5 Å². The van der Waals surface area contributed by atoms with Crippen LogP contribution in [-0.2, 0) is 16.0 Å². The molecule has 0 fully saturated rings. The second kappa shape index (κ2) is 9.41.